The van der Waals surface area contributed by atoms with Gasteiger partial charge in [-0.05, 0) is 61.1 Å². The molecule has 3 heterocycles. The number of thiocarbonyl (C=S) groups is 1. The van der Waals surface area contributed by atoms with Crippen LogP contribution >= 0.6 is 35.4 Å². The Morgan fingerprint density at radius 1 is 1.22 bits per heavy atom. The molecule has 1 N–H and O–H groups in total. The lowest BCUT2D eigenvalue weighted by Gasteiger charge is -2.25. The van der Waals surface area contributed by atoms with Crippen LogP contribution in [0.4, 0.5) is 0 Å². The van der Waals surface area contributed by atoms with Gasteiger partial charge in [-0.15, -0.1) is 0 Å². The van der Waals surface area contributed by atoms with Crippen molar-refractivity contribution in [2.45, 2.75) is 24.9 Å². The third-order valence-electron chi connectivity index (χ3n) is 5.33. The standard InChI is InChI=1S/C23H21Cl2N3O3S/c1-30-20(29)6-4-12-28-22(21(27-23(28)32)17-5-2-3-11-26-17)19-10-9-18(31-19)14-7-8-15(24)16(25)13-14/h2-3,5,7-11,13,21-22H,4,6,12H2,1H3,(H,27,32)/t21-,22+/m1/s1. The molecule has 2 atom stereocenters. The van der Waals surface area contributed by atoms with Gasteiger partial charge in [-0.2, -0.15) is 0 Å². The molecule has 1 aromatic carbocycles. The van der Waals surface area contributed by atoms with E-state index >= 15 is 0 Å². The first kappa shape index (κ1) is 22.6. The number of nitrogens with one attached hydrogen (secondary N) is 1. The van der Waals surface area contributed by atoms with Crippen molar-refractivity contribution in [1.29, 1.82) is 0 Å². The summed E-state index contributed by atoms with van der Waals surface area (Å²) in [6, 6.07) is 14.5. The van der Waals surface area contributed by atoms with Gasteiger partial charge >= 0.3 is 5.97 Å². The van der Waals surface area contributed by atoms with Gasteiger partial charge in [0.15, 0.2) is 5.11 Å². The van der Waals surface area contributed by atoms with Gasteiger partial charge < -0.3 is 19.4 Å². The van der Waals surface area contributed by atoms with E-state index in [9.17, 15) is 4.79 Å². The molecule has 1 fully saturated rings. The zero-order valence-corrected chi connectivity index (χ0v) is 19.6. The largest absolute Gasteiger partial charge is 0.469 e. The molecular weight excluding hydrogens is 469 g/mol. The van der Waals surface area contributed by atoms with Gasteiger partial charge in [0.1, 0.15) is 17.6 Å². The number of benzene rings is 1. The Labute approximate surface area is 201 Å². The number of carbonyl (C=O) groups excluding carboxylic acids is 1. The SMILES string of the molecule is COC(=O)CCCN1C(=S)N[C@H](c2ccccn2)[C@@H]1c1ccc(-c2ccc(Cl)c(Cl)c2)o1. The number of carbonyl (C=O) groups is 1. The highest BCUT2D eigenvalue weighted by Crippen LogP contribution is 2.41. The first-order chi connectivity index (χ1) is 15.5. The van der Waals surface area contributed by atoms with Gasteiger partial charge in [0.05, 0.1) is 28.9 Å². The molecule has 2 aromatic heterocycles. The first-order valence-corrected chi connectivity index (χ1v) is 11.2. The van der Waals surface area contributed by atoms with Crippen molar-refractivity contribution < 1.29 is 13.9 Å². The highest BCUT2D eigenvalue weighted by Gasteiger charge is 2.41. The van der Waals surface area contributed by atoms with Crippen molar-refractivity contribution in [3.05, 3.63) is 76.2 Å². The molecule has 3 aromatic rings. The zero-order valence-electron chi connectivity index (χ0n) is 17.3. The van der Waals surface area contributed by atoms with Gasteiger partial charge in [-0.3, -0.25) is 9.78 Å². The van der Waals surface area contributed by atoms with Gasteiger partial charge in [0.2, 0.25) is 0 Å². The van der Waals surface area contributed by atoms with Crippen LogP contribution in [0.15, 0.2) is 59.1 Å². The van der Waals surface area contributed by atoms with E-state index in [2.05, 4.69) is 10.3 Å². The van der Waals surface area contributed by atoms with Crippen molar-refractivity contribution in [3.63, 3.8) is 0 Å². The minimum absolute atomic E-state index is 0.199. The highest BCUT2D eigenvalue weighted by molar-refractivity contribution is 7.80. The Hall–Kier alpha value is -2.61. The second-order valence-electron chi connectivity index (χ2n) is 7.33. The second-order valence-corrected chi connectivity index (χ2v) is 8.53. The van der Waals surface area contributed by atoms with Crippen LogP contribution < -0.4 is 5.32 Å². The minimum atomic E-state index is -0.249. The van der Waals surface area contributed by atoms with E-state index in [1.165, 1.54) is 7.11 Å². The Bertz CT molecular complexity index is 1120. The number of halogens is 2. The van der Waals surface area contributed by atoms with Crippen LogP contribution in [0.2, 0.25) is 10.0 Å². The van der Waals surface area contributed by atoms with Crippen LogP contribution in [0.5, 0.6) is 0 Å². The van der Waals surface area contributed by atoms with E-state index in [4.69, 9.17) is 44.6 Å². The van der Waals surface area contributed by atoms with Crippen molar-refractivity contribution in [3.8, 4) is 11.3 Å². The highest BCUT2D eigenvalue weighted by atomic mass is 35.5. The summed E-state index contributed by atoms with van der Waals surface area (Å²) in [6.07, 6.45) is 2.66. The van der Waals surface area contributed by atoms with Gasteiger partial charge in [0, 0.05) is 24.7 Å². The van der Waals surface area contributed by atoms with Crippen LogP contribution in [0.1, 0.15) is 36.4 Å². The van der Waals surface area contributed by atoms with E-state index in [0.29, 0.717) is 40.3 Å². The second kappa shape index (κ2) is 9.90. The Morgan fingerprint density at radius 3 is 2.78 bits per heavy atom. The van der Waals surface area contributed by atoms with Crippen LogP contribution in [0.25, 0.3) is 11.3 Å². The average molecular weight is 490 g/mol. The molecule has 32 heavy (non-hydrogen) atoms. The summed E-state index contributed by atoms with van der Waals surface area (Å²) in [7, 11) is 1.39. The van der Waals surface area contributed by atoms with Crippen molar-refractivity contribution in [2.75, 3.05) is 13.7 Å². The fourth-order valence-electron chi connectivity index (χ4n) is 3.77. The lowest BCUT2D eigenvalue weighted by molar-refractivity contribution is -0.140. The summed E-state index contributed by atoms with van der Waals surface area (Å²) in [5.74, 6) is 1.15. The van der Waals surface area contributed by atoms with Gasteiger partial charge in [0.25, 0.3) is 0 Å². The maximum absolute atomic E-state index is 11.6. The Morgan fingerprint density at radius 2 is 2.06 bits per heavy atom. The number of rotatable bonds is 7. The number of aromatic nitrogens is 1. The average Bonchev–Trinajstić information content (AvgIpc) is 3.41. The van der Waals surface area contributed by atoms with Crippen LogP contribution in [-0.2, 0) is 9.53 Å². The monoisotopic (exact) mass is 489 g/mol. The maximum atomic E-state index is 11.6. The Kier molecular flexibility index (Phi) is 6.98. The molecule has 0 spiro atoms. The summed E-state index contributed by atoms with van der Waals surface area (Å²) in [5.41, 5.74) is 1.67. The minimum Gasteiger partial charge on any atom is -0.469 e. The molecule has 4 rings (SSSR count). The van der Waals surface area contributed by atoms with E-state index in [1.807, 2.05) is 41.3 Å². The molecule has 0 radical (unpaired) electrons. The molecule has 0 bridgehead atoms. The van der Waals surface area contributed by atoms with Crippen LogP contribution in [-0.4, -0.2) is 34.6 Å². The van der Waals surface area contributed by atoms with Crippen molar-refractivity contribution in [2.24, 2.45) is 0 Å². The molecule has 0 unspecified atom stereocenters. The molecule has 6 nitrogen and oxygen atoms in total. The molecular formula is C23H21Cl2N3O3S. The zero-order chi connectivity index (χ0) is 22.7. The van der Waals surface area contributed by atoms with Gasteiger partial charge in [-0.25, -0.2) is 0 Å². The Balaban J connectivity index is 1.65. The summed E-state index contributed by atoms with van der Waals surface area (Å²) in [4.78, 5) is 18.1. The molecule has 0 amide bonds. The van der Waals surface area contributed by atoms with Crippen LogP contribution in [0.3, 0.4) is 0 Å². The summed E-state index contributed by atoms with van der Waals surface area (Å²) >= 11 is 17.9. The lowest BCUT2D eigenvalue weighted by Crippen LogP contribution is -2.30. The topological polar surface area (TPSA) is 67.6 Å². The molecule has 1 saturated heterocycles. The van der Waals surface area contributed by atoms with Crippen molar-refractivity contribution in [1.82, 2.24) is 15.2 Å². The number of nitrogens with zero attached hydrogens (tertiary/aromatic N) is 2. The smallest absolute Gasteiger partial charge is 0.305 e. The molecule has 1 aliphatic heterocycles. The fourth-order valence-corrected chi connectivity index (χ4v) is 4.40. The summed E-state index contributed by atoms with van der Waals surface area (Å²) in [5, 5.41) is 4.90. The molecule has 0 saturated carbocycles. The molecule has 0 aliphatic carbocycles. The number of esters is 1. The predicted molar refractivity (Wildman–Crippen MR) is 128 cm³/mol. The van der Waals surface area contributed by atoms with E-state index in [0.717, 1.165) is 17.0 Å². The molecule has 9 heteroatoms. The predicted octanol–water partition coefficient (Wildman–Crippen LogP) is 5.57. The van der Waals surface area contributed by atoms with Crippen LogP contribution in [0, 0.1) is 0 Å². The van der Waals surface area contributed by atoms with Gasteiger partial charge in [-0.1, -0.05) is 29.3 Å². The summed E-state index contributed by atoms with van der Waals surface area (Å²) in [6.45, 7) is 0.567. The quantitative estimate of drug-likeness (QED) is 0.343. The number of furan rings is 1. The normalized spacial score (nSPS) is 18.0. The number of ether oxygens (including phenoxy) is 1. The van der Waals surface area contributed by atoms with E-state index in [1.54, 1.807) is 18.3 Å². The molecule has 166 valence electrons. The van der Waals surface area contributed by atoms with Crippen molar-refractivity contribution >= 4 is 46.5 Å². The molecule has 1 aliphatic rings. The number of methoxy groups -OCH3 is 1. The lowest BCUT2D eigenvalue weighted by atomic mass is 10.0. The van der Waals surface area contributed by atoms with E-state index < -0.39 is 0 Å². The number of pyridine rings is 1. The number of hydrogen-bond acceptors (Lipinski definition) is 5. The third-order valence-corrected chi connectivity index (χ3v) is 6.42. The maximum Gasteiger partial charge on any atom is 0.305 e. The third kappa shape index (κ3) is 4.75. The first-order valence-electron chi connectivity index (χ1n) is 10.1. The fraction of sp³-hybridized carbons (Fsp3) is 0.261. The number of hydrogen-bond donors (Lipinski definition) is 1. The van der Waals surface area contributed by atoms with E-state index in [-0.39, 0.29) is 18.1 Å². The summed E-state index contributed by atoms with van der Waals surface area (Å²) < 4.78 is 11.0.